The van der Waals surface area contributed by atoms with Gasteiger partial charge in [-0.05, 0) is 36.4 Å². The molecule has 0 aliphatic rings. The van der Waals surface area contributed by atoms with Gasteiger partial charge >= 0.3 is 35.5 Å². The topological polar surface area (TPSA) is 46.5 Å². The van der Waals surface area contributed by atoms with E-state index in [0.29, 0.717) is 11.3 Å². The van der Waals surface area contributed by atoms with Crippen LogP contribution in [0.2, 0.25) is 0 Å². The Labute approximate surface area is 121 Å². The molecule has 2 aromatic carbocycles. The van der Waals surface area contributed by atoms with Crippen molar-refractivity contribution >= 4 is 35.5 Å². The van der Waals surface area contributed by atoms with E-state index in [9.17, 15) is 4.79 Å². The van der Waals surface area contributed by atoms with E-state index in [-0.39, 0.29) is 35.3 Å². The Morgan fingerprint density at radius 2 is 1.53 bits per heavy atom. The third-order valence-electron chi connectivity index (χ3n) is 2.06. The molecule has 0 fully saturated rings. The normalized spacial score (nSPS) is 9.18. The maximum atomic E-state index is 11.6. The summed E-state index contributed by atoms with van der Waals surface area (Å²) in [5, 5.41) is 9.07. The summed E-state index contributed by atoms with van der Waals surface area (Å²) in [6.45, 7) is 0. The first-order chi connectivity index (χ1) is 7.75. The first kappa shape index (κ1) is 13.8. The molecule has 0 spiro atoms. The molecule has 0 aliphatic heterocycles. The fraction of sp³-hybridized carbons (Fsp3) is 0. The molecule has 0 amide bonds. The molecule has 0 radical (unpaired) electrons. The third kappa shape index (κ3) is 3.89. The predicted molar refractivity (Wildman–Crippen MR) is 66.7 cm³/mol. The standard InChI is InChI=1S/C13H10O3.Na.H/c14-11-6-8-12(9-7-11)16-13(15)10-4-2-1-3-5-10;;/h1-9,14H;;. The summed E-state index contributed by atoms with van der Waals surface area (Å²) in [4.78, 5) is 11.6. The van der Waals surface area contributed by atoms with Crippen LogP contribution in [0, 0.1) is 0 Å². The molecule has 1 N–H and O–H groups in total. The third-order valence-corrected chi connectivity index (χ3v) is 2.06. The molecule has 17 heavy (non-hydrogen) atoms. The minimum absolute atomic E-state index is 0. The molecule has 0 saturated heterocycles. The van der Waals surface area contributed by atoms with Gasteiger partial charge in [0.1, 0.15) is 11.5 Å². The number of rotatable bonds is 2. The van der Waals surface area contributed by atoms with Crippen LogP contribution < -0.4 is 4.74 Å². The number of hydrogen-bond donors (Lipinski definition) is 1. The number of aromatic hydroxyl groups is 1. The Hall–Kier alpha value is -1.29. The molecule has 0 aliphatic carbocycles. The van der Waals surface area contributed by atoms with E-state index in [1.165, 1.54) is 24.3 Å². The van der Waals surface area contributed by atoms with Crippen molar-refractivity contribution < 1.29 is 14.6 Å². The predicted octanol–water partition coefficient (Wildman–Crippen LogP) is 1.96. The van der Waals surface area contributed by atoms with Crippen LogP contribution in [0.15, 0.2) is 54.6 Å². The number of carbonyl (C=O) groups excluding carboxylic acids is 1. The quantitative estimate of drug-likeness (QED) is 0.494. The van der Waals surface area contributed by atoms with Gasteiger partial charge in [0.25, 0.3) is 0 Å². The average molecular weight is 238 g/mol. The molecule has 3 nitrogen and oxygen atoms in total. The van der Waals surface area contributed by atoms with Crippen molar-refractivity contribution in [1.82, 2.24) is 0 Å². The Kier molecular flexibility index (Phi) is 5.22. The molecule has 0 saturated carbocycles. The fourth-order valence-electron chi connectivity index (χ4n) is 1.25. The second-order valence-corrected chi connectivity index (χ2v) is 3.25. The Morgan fingerprint density at radius 1 is 0.941 bits per heavy atom. The van der Waals surface area contributed by atoms with Gasteiger partial charge in [-0.2, -0.15) is 0 Å². The Bertz CT molecular complexity index is 480. The van der Waals surface area contributed by atoms with Gasteiger partial charge < -0.3 is 9.84 Å². The zero-order chi connectivity index (χ0) is 11.4. The first-order valence-electron chi connectivity index (χ1n) is 4.82. The van der Waals surface area contributed by atoms with Gasteiger partial charge in [-0.1, -0.05) is 18.2 Å². The number of phenols is 1. The molecular weight excluding hydrogens is 227 g/mol. The van der Waals surface area contributed by atoms with E-state index in [0.717, 1.165) is 0 Å². The monoisotopic (exact) mass is 238 g/mol. The summed E-state index contributed by atoms with van der Waals surface area (Å²) in [5.41, 5.74) is 0.496. The van der Waals surface area contributed by atoms with E-state index in [4.69, 9.17) is 9.84 Å². The van der Waals surface area contributed by atoms with Crippen molar-refractivity contribution in [2.45, 2.75) is 0 Å². The van der Waals surface area contributed by atoms with Crippen LogP contribution >= 0.6 is 0 Å². The Balaban J connectivity index is 0.00000144. The zero-order valence-electron chi connectivity index (χ0n) is 8.46. The van der Waals surface area contributed by atoms with Gasteiger partial charge in [0.15, 0.2) is 0 Å². The maximum absolute atomic E-state index is 11.6. The second-order valence-electron chi connectivity index (χ2n) is 3.25. The van der Waals surface area contributed by atoms with Crippen molar-refractivity contribution in [3.8, 4) is 11.5 Å². The fourth-order valence-corrected chi connectivity index (χ4v) is 1.25. The summed E-state index contributed by atoms with van der Waals surface area (Å²) in [7, 11) is 0. The van der Waals surface area contributed by atoms with Gasteiger partial charge in [0.2, 0.25) is 0 Å². The number of carbonyl (C=O) groups is 1. The average Bonchev–Trinajstić information content (AvgIpc) is 2.33. The van der Waals surface area contributed by atoms with Crippen LogP contribution in [-0.4, -0.2) is 40.6 Å². The van der Waals surface area contributed by atoms with Crippen molar-refractivity contribution in [3.05, 3.63) is 60.2 Å². The molecule has 2 rings (SSSR count). The van der Waals surface area contributed by atoms with Crippen molar-refractivity contribution in [2.24, 2.45) is 0 Å². The molecule has 0 atom stereocenters. The molecular formula is C13H11NaO3. The van der Waals surface area contributed by atoms with Crippen molar-refractivity contribution in [3.63, 3.8) is 0 Å². The van der Waals surface area contributed by atoms with Crippen LogP contribution in [0.1, 0.15) is 10.4 Å². The summed E-state index contributed by atoms with van der Waals surface area (Å²) >= 11 is 0. The molecule has 82 valence electrons. The van der Waals surface area contributed by atoms with E-state index >= 15 is 0 Å². The number of hydrogen-bond acceptors (Lipinski definition) is 3. The van der Waals surface area contributed by atoms with Gasteiger partial charge in [0.05, 0.1) is 5.56 Å². The molecule has 2 aromatic rings. The van der Waals surface area contributed by atoms with E-state index in [2.05, 4.69) is 0 Å². The number of ether oxygens (including phenoxy) is 1. The van der Waals surface area contributed by atoms with E-state index < -0.39 is 5.97 Å². The van der Waals surface area contributed by atoms with Crippen LogP contribution in [-0.2, 0) is 0 Å². The zero-order valence-corrected chi connectivity index (χ0v) is 8.46. The van der Waals surface area contributed by atoms with Crippen LogP contribution in [0.4, 0.5) is 0 Å². The number of esters is 1. The number of phenolic OH excluding ortho intramolecular Hbond substituents is 1. The summed E-state index contributed by atoms with van der Waals surface area (Å²) < 4.78 is 5.11. The molecule has 0 heterocycles. The number of benzene rings is 2. The molecule has 0 unspecified atom stereocenters. The molecule has 0 aromatic heterocycles. The first-order valence-corrected chi connectivity index (χ1v) is 4.82. The van der Waals surface area contributed by atoms with Gasteiger partial charge in [0, 0.05) is 0 Å². The minimum atomic E-state index is -0.411. The van der Waals surface area contributed by atoms with Gasteiger partial charge in [-0.15, -0.1) is 0 Å². The van der Waals surface area contributed by atoms with E-state index in [1.807, 2.05) is 6.07 Å². The summed E-state index contributed by atoms with van der Waals surface area (Å²) in [5.74, 6) is 0.137. The molecule has 4 heteroatoms. The molecule has 0 bridgehead atoms. The van der Waals surface area contributed by atoms with Crippen LogP contribution in [0.25, 0.3) is 0 Å². The second kappa shape index (κ2) is 6.45. The van der Waals surface area contributed by atoms with E-state index in [1.54, 1.807) is 24.3 Å². The van der Waals surface area contributed by atoms with Crippen LogP contribution in [0.3, 0.4) is 0 Å². The SMILES string of the molecule is O=C(Oc1ccc(O)cc1)c1ccccc1.[NaH]. The summed E-state index contributed by atoms with van der Waals surface area (Å²) in [6.07, 6.45) is 0. The van der Waals surface area contributed by atoms with Crippen LogP contribution in [0.5, 0.6) is 11.5 Å². The van der Waals surface area contributed by atoms with Crippen molar-refractivity contribution in [2.75, 3.05) is 0 Å². The Morgan fingerprint density at radius 3 is 2.12 bits per heavy atom. The van der Waals surface area contributed by atoms with Crippen molar-refractivity contribution in [1.29, 1.82) is 0 Å². The summed E-state index contributed by atoms with van der Waals surface area (Å²) in [6, 6.07) is 14.7. The van der Waals surface area contributed by atoms with Gasteiger partial charge in [-0.25, -0.2) is 4.79 Å². The van der Waals surface area contributed by atoms with Gasteiger partial charge in [-0.3, -0.25) is 0 Å².